The van der Waals surface area contributed by atoms with Gasteiger partial charge >= 0.3 is 0 Å². The standard InChI is InChI=1S/C15H15BrO2/c1-3-10-9-11(16)5-6-12(10)14-7-8-15(18-14)13(17)4-2/h5-9H,3-4H2,1-2H3. The lowest BCUT2D eigenvalue weighted by molar-refractivity contribution is 0.0962. The lowest BCUT2D eigenvalue weighted by Gasteiger charge is -2.05. The first kappa shape index (κ1) is 13.1. The summed E-state index contributed by atoms with van der Waals surface area (Å²) in [5.41, 5.74) is 2.25. The number of carbonyl (C=O) groups is 1. The molecule has 0 radical (unpaired) electrons. The van der Waals surface area contributed by atoms with Gasteiger partial charge < -0.3 is 4.42 Å². The Morgan fingerprint density at radius 3 is 2.67 bits per heavy atom. The normalized spacial score (nSPS) is 10.6. The number of ketones is 1. The van der Waals surface area contributed by atoms with Crippen LogP contribution < -0.4 is 0 Å². The number of aryl methyl sites for hydroxylation is 1. The Bertz CT molecular complexity index is 570. The number of benzene rings is 1. The number of furan rings is 1. The fourth-order valence-electron chi connectivity index (χ4n) is 1.90. The van der Waals surface area contributed by atoms with Gasteiger partial charge in [-0.05, 0) is 42.3 Å². The lowest BCUT2D eigenvalue weighted by atomic mass is 10.0. The van der Waals surface area contributed by atoms with Crippen molar-refractivity contribution in [3.63, 3.8) is 0 Å². The summed E-state index contributed by atoms with van der Waals surface area (Å²) in [4.78, 5) is 11.6. The molecule has 1 heterocycles. The second-order valence-corrected chi connectivity index (χ2v) is 5.01. The second kappa shape index (κ2) is 5.53. The minimum Gasteiger partial charge on any atom is -0.453 e. The third kappa shape index (κ3) is 2.56. The van der Waals surface area contributed by atoms with Crippen molar-refractivity contribution < 1.29 is 9.21 Å². The van der Waals surface area contributed by atoms with Crippen molar-refractivity contribution in [2.24, 2.45) is 0 Å². The van der Waals surface area contributed by atoms with Crippen LogP contribution in [0.2, 0.25) is 0 Å². The van der Waals surface area contributed by atoms with Gasteiger partial charge in [-0.2, -0.15) is 0 Å². The molecule has 94 valence electrons. The van der Waals surface area contributed by atoms with Gasteiger partial charge in [-0.1, -0.05) is 29.8 Å². The van der Waals surface area contributed by atoms with E-state index in [4.69, 9.17) is 4.42 Å². The smallest absolute Gasteiger partial charge is 0.197 e. The Morgan fingerprint density at radius 1 is 1.22 bits per heavy atom. The maximum Gasteiger partial charge on any atom is 0.197 e. The van der Waals surface area contributed by atoms with Gasteiger partial charge in [0.05, 0.1) is 0 Å². The molecular formula is C15H15BrO2. The van der Waals surface area contributed by atoms with Crippen molar-refractivity contribution in [1.82, 2.24) is 0 Å². The molecule has 0 fully saturated rings. The average molecular weight is 307 g/mol. The van der Waals surface area contributed by atoms with Gasteiger partial charge in [-0.3, -0.25) is 4.79 Å². The van der Waals surface area contributed by atoms with Crippen molar-refractivity contribution in [3.8, 4) is 11.3 Å². The van der Waals surface area contributed by atoms with Crippen LogP contribution >= 0.6 is 15.9 Å². The summed E-state index contributed by atoms with van der Waals surface area (Å²) in [5, 5.41) is 0. The summed E-state index contributed by atoms with van der Waals surface area (Å²) >= 11 is 3.46. The topological polar surface area (TPSA) is 30.2 Å². The van der Waals surface area contributed by atoms with Crippen LogP contribution in [0, 0.1) is 0 Å². The molecule has 0 atom stereocenters. The first-order chi connectivity index (χ1) is 8.65. The van der Waals surface area contributed by atoms with Gasteiger partial charge in [0, 0.05) is 16.5 Å². The van der Waals surface area contributed by atoms with Crippen molar-refractivity contribution in [2.45, 2.75) is 26.7 Å². The summed E-state index contributed by atoms with van der Waals surface area (Å²) in [6.07, 6.45) is 1.39. The molecule has 0 saturated heterocycles. The van der Waals surface area contributed by atoms with E-state index in [0.29, 0.717) is 12.2 Å². The van der Waals surface area contributed by atoms with E-state index in [-0.39, 0.29) is 5.78 Å². The molecule has 0 amide bonds. The Balaban J connectivity index is 2.42. The molecule has 2 aromatic rings. The van der Waals surface area contributed by atoms with Crippen LogP contribution in [-0.2, 0) is 6.42 Å². The molecule has 18 heavy (non-hydrogen) atoms. The van der Waals surface area contributed by atoms with Crippen LogP contribution in [0.25, 0.3) is 11.3 Å². The quantitative estimate of drug-likeness (QED) is 0.755. The lowest BCUT2D eigenvalue weighted by Crippen LogP contribution is -1.92. The predicted molar refractivity (Wildman–Crippen MR) is 75.8 cm³/mol. The monoisotopic (exact) mass is 306 g/mol. The molecule has 1 aromatic carbocycles. The van der Waals surface area contributed by atoms with Crippen LogP contribution in [0.15, 0.2) is 39.2 Å². The van der Waals surface area contributed by atoms with Gasteiger partial charge in [0.1, 0.15) is 5.76 Å². The third-order valence-corrected chi connectivity index (χ3v) is 3.41. The van der Waals surface area contributed by atoms with Crippen LogP contribution in [-0.4, -0.2) is 5.78 Å². The average Bonchev–Trinajstić information content (AvgIpc) is 2.87. The Hall–Kier alpha value is -1.35. The molecule has 0 aliphatic carbocycles. The molecule has 0 saturated carbocycles. The van der Waals surface area contributed by atoms with E-state index in [1.54, 1.807) is 6.07 Å². The number of Topliss-reactive ketones (excluding diaryl/α,β-unsaturated/α-hetero) is 1. The molecule has 0 spiro atoms. The molecular weight excluding hydrogens is 292 g/mol. The molecule has 2 nitrogen and oxygen atoms in total. The maximum atomic E-state index is 11.6. The third-order valence-electron chi connectivity index (χ3n) is 2.92. The Labute approximate surface area is 115 Å². The fourth-order valence-corrected chi connectivity index (χ4v) is 2.31. The second-order valence-electron chi connectivity index (χ2n) is 4.10. The summed E-state index contributed by atoms with van der Waals surface area (Å²) in [5.74, 6) is 1.24. The van der Waals surface area contributed by atoms with Gasteiger partial charge in [-0.15, -0.1) is 0 Å². The number of rotatable bonds is 4. The minimum absolute atomic E-state index is 0.0383. The number of hydrogen-bond acceptors (Lipinski definition) is 2. The van der Waals surface area contributed by atoms with Crippen LogP contribution in [0.3, 0.4) is 0 Å². The van der Waals surface area contributed by atoms with Crippen LogP contribution in [0.4, 0.5) is 0 Å². The van der Waals surface area contributed by atoms with Crippen LogP contribution in [0.1, 0.15) is 36.4 Å². The number of halogens is 1. The number of carbonyl (C=O) groups excluding carboxylic acids is 1. The highest BCUT2D eigenvalue weighted by Crippen LogP contribution is 2.29. The first-order valence-corrected chi connectivity index (χ1v) is 6.86. The summed E-state index contributed by atoms with van der Waals surface area (Å²) < 4.78 is 6.69. The molecule has 0 bridgehead atoms. The van der Waals surface area contributed by atoms with Gasteiger partial charge in [0.25, 0.3) is 0 Å². The highest BCUT2D eigenvalue weighted by Gasteiger charge is 2.12. The zero-order valence-electron chi connectivity index (χ0n) is 10.5. The van der Waals surface area contributed by atoms with Gasteiger partial charge in [0.2, 0.25) is 0 Å². The Morgan fingerprint density at radius 2 is 2.00 bits per heavy atom. The summed E-state index contributed by atoms with van der Waals surface area (Å²) in [6, 6.07) is 9.70. The molecule has 3 heteroatoms. The van der Waals surface area contributed by atoms with Gasteiger partial charge in [-0.25, -0.2) is 0 Å². The van der Waals surface area contributed by atoms with E-state index < -0.39 is 0 Å². The highest BCUT2D eigenvalue weighted by molar-refractivity contribution is 9.10. The molecule has 0 aliphatic heterocycles. The van der Waals surface area contributed by atoms with E-state index in [1.807, 2.05) is 25.1 Å². The van der Waals surface area contributed by atoms with E-state index in [0.717, 1.165) is 22.2 Å². The zero-order valence-corrected chi connectivity index (χ0v) is 12.1. The SMILES string of the molecule is CCC(=O)c1ccc(-c2ccc(Br)cc2CC)o1. The molecule has 1 aromatic heterocycles. The van der Waals surface area contributed by atoms with E-state index in [2.05, 4.69) is 28.9 Å². The molecule has 0 aliphatic rings. The zero-order chi connectivity index (χ0) is 13.1. The first-order valence-electron chi connectivity index (χ1n) is 6.07. The van der Waals surface area contributed by atoms with E-state index in [1.165, 1.54) is 5.56 Å². The van der Waals surface area contributed by atoms with Gasteiger partial charge in [0.15, 0.2) is 11.5 Å². The molecule has 0 N–H and O–H groups in total. The minimum atomic E-state index is 0.0383. The molecule has 0 unspecified atom stereocenters. The summed E-state index contributed by atoms with van der Waals surface area (Å²) in [6.45, 7) is 3.94. The predicted octanol–water partition coefficient (Wildman–Crippen LogP) is 4.86. The van der Waals surface area contributed by atoms with Crippen molar-refractivity contribution >= 4 is 21.7 Å². The van der Waals surface area contributed by atoms with Crippen molar-refractivity contribution in [2.75, 3.05) is 0 Å². The van der Waals surface area contributed by atoms with Crippen LogP contribution in [0.5, 0.6) is 0 Å². The number of hydrogen-bond donors (Lipinski definition) is 0. The maximum absolute atomic E-state index is 11.6. The van der Waals surface area contributed by atoms with Crippen molar-refractivity contribution in [1.29, 1.82) is 0 Å². The highest BCUT2D eigenvalue weighted by atomic mass is 79.9. The Kier molecular flexibility index (Phi) is 4.02. The summed E-state index contributed by atoms with van der Waals surface area (Å²) in [7, 11) is 0. The van der Waals surface area contributed by atoms with E-state index in [9.17, 15) is 4.79 Å². The van der Waals surface area contributed by atoms with E-state index >= 15 is 0 Å². The molecule has 2 rings (SSSR count). The largest absolute Gasteiger partial charge is 0.453 e. The fraction of sp³-hybridized carbons (Fsp3) is 0.267. The van der Waals surface area contributed by atoms with Crippen molar-refractivity contribution in [3.05, 3.63) is 46.1 Å².